The predicted octanol–water partition coefficient (Wildman–Crippen LogP) is 6.61. The third-order valence-electron chi connectivity index (χ3n) is 5.97. The molecule has 2 heterocycles. The Balaban J connectivity index is 1.96. The van der Waals surface area contributed by atoms with E-state index in [1.54, 1.807) is 92.9 Å². The van der Waals surface area contributed by atoms with Crippen LogP contribution in [0.2, 0.25) is 0 Å². The van der Waals surface area contributed by atoms with Crippen LogP contribution in [-0.4, -0.2) is 68.5 Å². The molecule has 0 aliphatic heterocycles. The summed E-state index contributed by atoms with van der Waals surface area (Å²) in [7, 11) is 3.32. The number of imide groups is 1. The quantitative estimate of drug-likeness (QED) is 0.223. The van der Waals surface area contributed by atoms with Gasteiger partial charge in [0.05, 0.1) is 11.9 Å². The number of hydrogen-bond donors (Lipinski definition) is 0. The van der Waals surface area contributed by atoms with Crippen molar-refractivity contribution in [1.29, 1.82) is 0 Å². The molecule has 0 bridgehead atoms. The second-order valence-corrected chi connectivity index (χ2v) is 12.3. The van der Waals surface area contributed by atoms with Crippen molar-refractivity contribution in [1.82, 2.24) is 25.1 Å². The fourth-order valence-corrected chi connectivity index (χ4v) is 4.10. The van der Waals surface area contributed by atoms with Crippen molar-refractivity contribution in [3.63, 3.8) is 0 Å². The largest absolute Gasteiger partial charge is 0.443 e. The molecule has 0 fully saturated rings. The topological polar surface area (TPSA) is 141 Å². The molecule has 238 valence electrons. The van der Waals surface area contributed by atoms with Crippen molar-refractivity contribution < 1.29 is 28.3 Å². The first-order chi connectivity index (χ1) is 21.6. The third-order valence-corrected chi connectivity index (χ3v) is 5.97. The van der Waals surface area contributed by atoms with E-state index in [0.29, 0.717) is 32.8 Å². The lowest BCUT2D eigenvalue weighted by atomic mass is 10.0. The lowest BCUT2D eigenvalue weighted by molar-refractivity contribution is 0.0428. The molecular weight excluding hydrogens is 588 g/mol. The van der Waals surface area contributed by atoms with E-state index in [1.807, 2.05) is 18.2 Å². The molecule has 46 heavy (non-hydrogen) atoms. The van der Waals surface area contributed by atoms with Crippen LogP contribution in [0.4, 0.5) is 15.4 Å². The summed E-state index contributed by atoms with van der Waals surface area (Å²) in [4.78, 5) is 51.2. The lowest BCUT2D eigenvalue weighted by Gasteiger charge is -2.28. The molecule has 0 aliphatic carbocycles. The molecule has 4 aromatic rings. The van der Waals surface area contributed by atoms with Gasteiger partial charge in [-0.25, -0.2) is 19.6 Å². The van der Waals surface area contributed by atoms with Crippen LogP contribution in [0.1, 0.15) is 64.4 Å². The van der Waals surface area contributed by atoms with Crippen LogP contribution in [0.25, 0.3) is 34.3 Å². The summed E-state index contributed by atoms with van der Waals surface area (Å²) in [6, 6.07) is 14.1. The summed E-state index contributed by atoms with van der Waals surface area (Å²) in [5, 5.41) is 8.36. The van der Waals surface area contributed by atoms with E-state index in [0.717, 1.165) is 0 Å². The molecule has 12 heteroatoms. The van der Waals surface area contributed by atoms with E-state index in [2.05, 4.69) is 27.0 Å². The van der Waals surface area contributed by atoms with Gasteiger partial charge in [0.2, 0.25) is 5.89 Å². The van der Waals surface area contributed by atoms with Crippen LogP contribution in [0, 0.1) is 11.8 Å². The molecule has 2 aromatic heterocycles. The monoisotopic (exact) mass is 624 g/mol. The minimum absolute atomic E-state index is 0.0900. The van der Waals surface area contributed by atoms with E-state index in [9.17, 15) is 14.4 Å². The number of anilines is 1. The molecule has 0 N–H and O–H groups in total. The van der Waals surface area contributed by atoms with Crippen molar-refractivity contribution >= 4 is 23.9 Å². The summed E-state index contributed by atoms with van der Waals surface area (Å²) in [6.07, 6.45) is -0.715. The second-order valence-electron chi connectivity index (χ2n) is 12.3. The van der Waals surface area contributed by atoms with Crippen molar-refractivity contribution in [2.24, 2.45) is 0 Å². The van der Waals surface area contributed by atoms with Crippen molar-refractivity contribution in [3.8, 4) is 46.1 Å². The zero-order valence-electron chi connectivity index (χ0n) is 27.3. The van der Waals surface area contributed by atoms with Crippen LogP contribution < -0.4 is 4.90 Å². The first-order valence-electron chi connectivity index (χ1n) is 14.4. The van der Waals surface area contributed by atoms with E-state index >= 15 is 0 Å². The van der Waals surface area contributed by atoms with Crippen LogP contribution >= 0.6 is 0 Å². The Bertz CT molecular complexity index is 1800. The first-order valence-corrected chi connectivity index (χ1v) is 14.4. The summed E-state index contributed by atoms with van der Waals surface area (Å²) >= 11 is 0. The molecule has 2 aromatic carbocycles. The van der Waals surface area contributed by atoms with Crippen LogP contribution in [-0.2, 0) is 9.47 Å². The molecule has 0 aliphatic rings. The highest BCUT2D eigenvalue weighted by Gasteiger charge is 2.37. The summed E-state index contributed by atoms with van der Waals surface area (Å²) < 4.78 is 17.2. The Hall–Kier alpha value is -5.57. The first kappa shape index (κ1) is 33.3. The highest BCUT2D eigenvalue weighted by molar-refractivity contribution is 6.10. The number of carbonyl (C=O) groups is 3. The Labute approximate surface area is 267 Å². The molecule has 0 saturated carbocycles. The molecule has 0 radical (unpaired) electrons. The minimum atomic E-state index is -1.04. The van der Waals surface area contributed by atoms with Gasteiger partial charge >= 0.3 is 12.2 Å². The van der Waals surface area contributed by atoms with Gasteiger partial charge in [0.25, 0.3) is 11.8 Å². The lowest BCUT2D eigenvalue weighted by Crippen LogP contribution is -2.44. The number of ether oxygens (including phenoxy) is 2. The van der Waals surface area contributed by atoms with E-state index < -0.39 is 23.4 Å². The maximum Gasteiger partial charge on any atom is 0.425 e. The second kappa shape index (κ2) is 13.2. The number of hydrogen-bond acceptors (Lipinski definition) is 10. The van der Waals surface area contributed by atoms with E-state index in [-0.39, 0.29) is 29.2 Å². The van der Waals surface area contributed by atoms with E-state index in [1.165, 1.54) is 11.1 Å². The Kier molecular flexibility index (Phi) is 9.56. The van der Waals surface area contributed by atoms with Gasteiger partial charge in [-0.3, -0.25) is 4.79 Å². The molecule has 4 rings (SSSR count). The standard InChI is InChI=1S/C34H36N6O6/c1-10-14-22-19-23(30(41)39(8)9)17-18-24(22)25-20-35-27(40(31(42)45-33(2,3)4)32(43)46-34(5,6)7)26(36-25)29-38-37-28(44-29)21-15-12-11-13-16-21/h11-13,15-20H,1-9H3. The molecular formula is C34H36N6O6. The highest BCUT2D eigenvalue weighted by atomic mass is 16.6. The number of aromatic nitrogens is 4. The van der Waals surface area contributed by atoms with Crippen molar-refractivity contribution in [2.45, 2.75) is 59.7 Å². The van der Waals surface area contributed by atoms with Crippen LogP contribution in [0.5, 0.6) is 0 Å². The zero-order valence-corrected chi connectivity index (χ0v) is 27.3. The smallest absolute Gasteiger partial charge is 0.425 e. The molecule has 0 unspecified atom stereocenters. The van der Waals surface area contributed by atoms with Gasteiger partial charge in [-0.15, -0.1) is 16.1 Å². The number of carbonyl (C=O) groups excluding carboxylic acids is 3. The van der Waals surface area contributed by atoms with Crippen molar-refractivity contribution in [2.75, 3.05) is 19.0 Å². The molecule has 0 saturated heterocycles. The normalized spacial score (nSPS) is 11.2. The number of amides is 3. The van der Waals surface area contributed by atoms with E-state index in [4.69, 9.17) is 18.9 Å². The predicted molar refractivity (Wildman–Crippen MR) is 172 cm³/mol. The van der Waals surface area contributed by atoms with Gasteiger partial charge in [-0.2, -0.15) is 4.90 Å². The number of nitrogens with zero attached hydrogens (tertiary/aromatic N) is 6. The fourth-order valence-electron chi connectivity index (χ4n) is 4.10. The van der Waals surface area contributed by atoms with Crippen molar-refractivity contribution in [3.05, 3.63) is 65.9 Å². The molecule has 0 spiro atoms. The SMILES string of the molecule is CC#Cc1cc(C(=O)N(C)C)ccc1-c1cnc(N(C(=O)OC(C)(C)C)C(=O)OC(C)(C)C)c(-c2nnc(-c3ccccc3)o2)n1. The summed E-state index contributed by atoms with van der Waals surface area (Å²) in [6.45, 7) is 11.7. The van der Waals surface area contributed by atoms with Gasteiger partial charge in [0.1, 0.15) is 11.2 Å². The maximum absolute atomic E-state index is 13.6. The Morgan fingerprint density at radius 3 is 2.02 bits per heavy atom. The molecule has 12 nitrogen and oxygen atoms in total. The van der Waals surface area contributed by atoms with Gasteiger partial charge in [0.15, 0.2) is 11.5 Å². The van der Waals surface area contributed by atoms with Crippen LogP contribution in [0.3, 0.4) is 0 Å². The summed E-state index contributed by atoms with van der Waals surface area (Å²) in [5.74, 6) is 5.49. The average molecular weight is 625 g/mol. The average Bonchev–Trinajstić information content (AvgIpc) is 3.46. The molecule has 0 atom stereocenters. The number of rotatable bonds is 5. The van der Waals surface area contributed by atoms with Gasteiger partial charge < -0.3 is 18.8 Å². The zero-order chi connectivity index (χ0) is 33.8. The van der Waals surface area contributed by atoms with Crippen LogP contribution in [0.15, 0.2) is 59.1 Å². The maximum atomic E-state index is 13.6. The van der Waals surface area contributed by atoms with Gasteiger partial charge in [0, 0.05) is 36.3 Å². The fraction of sp³-hybridized carbons (Fsp3) is 0.324. The van der Waals surface area contributed by atoms with Gasteiger partial charge in [-0.05, 0) is 72.7 Å². The van der Waals surface area contributed by atoms with Gasteiger partial charge in [-0.1, -0.05) is 30.2 Å². The minimum Gasteiger partial charge on any atom is -0.443 e. The highest BCUT2D eigenvalue weighted by Crippen LogP contribution is 2.34. The third kappa shape index (κ3) is 7.92. The molecule has 3 amide bonds. The number of benzene rings is 2. The summed E-state index contributed by atoms with van der Waals surface area (Å²) in [5.41, 5.74) is 0.404. The Morgan fingerprint density at radius 2 is 1.46 bits per heavy atom. The Morgan fingerprint density at radius 1 is 0.848 bits per heavy atom.